The van der Waals surface area contributed by atoms with Gasteiger partial charge in [-0.3, -0.25) is 4.79 Å². The Morgan fingerprint density at radius 3 is 2.52 bits per heavy atom. The first kappa shape index (κ1) is 14.2. The SMILES string of the molecule is COc1ccc(Cl)cc1CC(=O)C1(c2ccccc2)CC1. The fraction of sp³-hybridized carbons (Fsp3) is 0.278. The lowest BCUT2D eigenvalue weighted by Crippen LogP contribution is -2.22. The fourth-order valence-electron chi connectivity index (χ4n) is 2.84. The molecule has 0 bridgehead atoms. The Morgan fingerprint density at radius 2 is 1.90 bits per heavy atom. The summed E-state index contributed by atoms with van der Waals surface area (Å²) in [7, 11) is 1.61. The molecule has 0 N–H and O–H groups in total. The van der Waals surface area contributed by atoms with Gasteiger partial charge in [-0.25, -0.2) is 0 Å². The number of methoxy groups -OCH3 is 1. The Labute approximate surface area is 129 Å². The van der Waals surface area contributed by atoms with E-state index >= 15 is 0 Å². The summed E-state index contributed by atoms with van der Waals surface area (Å²) in [6, 6.07) is 15.4. The Bertz CT molecular complexity index is 660. The van der Waals surface area contributed by atoms with Gasteiger partial charge in [-0.1, -0.05) is 41.9 Å². The van der Waals surface area contributed by atoms with Crippen LogP contribution in [0.2, 0.25) is 5.02 Å². The van der Waals surface area contributed by atoms with Gasteiger partial charge in [0, 0.05) is 17.0 Å². The number of hydrogen-bond donors (Lipinski definition) is 0. The summed E-state index contributed by atoms with van der Waals surface area (Å²) >= 11 is 6.04. The van der Waals surface area contributed by atoms with Crippen molar-refractivity contribution in [1.82, 2.24) is 0 Å². The van der Waals surface area contributed by atoms with E-state index < -0.39 is 0 Å². The highest BCUT2D eigenvalue weighted by Crippen LogP contribution is 2.49. The predicted octanol–water partition coefficient (Wildman–Crippen LogP) is 4.19. The largest absolute Gasteiger partial charge is 0.496 e. The third kappa shape index (κ3) is 2.68. The molecule has 3 heteroatoms. The minimum absolute atomic E-state index is 0.245. The quantitative estimate of drug-likeness (QED) is 0.827. The molecule has 0 aliphatic heterocycles. The highest BCUT2D eigenvalue weighted by Gasteiger charge is 2.50. The van der Waals surface area contributed by atoms with Crippen LogP contribution in [-0.2, 0) is 16.6 Å². The molecule has 1 saturated carbocycles. The van der Waals surface area contributed by atoms with Gasteiger partial charge >= 0.3 is 0 Å². The van der Waals surface area contributed by atoms with E-state index in [0.29, 0.717) is 11.4 Å². The van der Waals surface area contributed by atoms with Crippen molar-refractivity contribution in [2.45, 2.75) is 24.7 Å². The van der Waals surface area contributed by atoms with E-state index in [0.717, 1.165) is 29.7 Å². The Balaban J connectivity index is 1.86. The summed E-state index contributed by atoms with van der Waals surface area (Å²) in [5.74, 6) is 0.964. The van der Waals surface area contributed by atoms with Gasteiger partial charge in [-0.2, -0.15) is 0 Å². The molecule has 0 heterocycles. The van der Waals surface area contributed by atoms with E-state index in [9.17, 15) is 4.79 Å². The fourth-order valence-corrected chi connectivity index (χ4v) is 3.03. The van der Waals surface area contributed by atoms with Crippen molar-refractivity contribution >= 4 is 17.4 Å². The Hall–Kier alpha value is -1.80. The Kier molecular flexibility index (Phi) is 3.73. The zero-order valence-corrected chi connectivity index (χ0v) is 12.7. The summed E-state index contributed by atoms with van der Waals surface area (Å²) < 4.78 is 5.33. The van der Waals surface area contributed by atoms with Crippen LogP contribution in [-0.4, -0.2) is 12.9 Å². The smallest absolute Gasteiger partial charge is 0.147 e. The van der Waals surface area contributed by atoms with E-state index in [1.165, 1.54) is 0 Å². The number of ketones is 1. The van der Waals surface area contributed by atoms with E-state index in [2.05, 4.69) is 0 Å². The number of carbonyl (C=O) groups is 1. The van der Waals surface area contributed by atoms with E-state index in [4.69, 9.17) is 16.3 Å². The van der Waals surface area contributed by atoms with Gasteiger partial charge in [0.05, 0.1) is 12.5 Å². The lowest BCUT2D eigenvalue weighted by atomic mass is 9.88. The molecule has 0 saturated heterocycles. The molecule has 1 aliphatic carbocycles. The summed E-state index contributed by atoms with van der Waals surface area (Å²) in [5.41, 5.74) is 1.68. The van der Waals surface area contributed by atoms with Gasteiger partial charge < -0.3 is 4.74 Å². The molecule has 108 valence electrons. The molecule has 1 fully saturated rings. The molecule has 3 rings (SSSR count). The number of benzene rings is 2. The van der Waals surface area contributed by atoms with Crippen LogP contribution in [0, 0.1) is 0 Å². The second kappa shape index (κ2) is 5.53. The van der Waals surface area contributed by atoms with Crippen LogP contribution < -0.4 is 4.74 Å². The van der Waals surface area contributed by atoms with Gasteiger partial charge in [0.25, 0.3) is 0 Å². The number of halogens is 1. The van der Waals surface area contributed by atoms with Crippen LogP contribution in [0.3, 0.4) is 0 Å². The van der Waals surface area contributed by atoms with Gasteiger partial charge in [0.15, 0.2) is 0 Å². The van der Waals surface area contributed by atoms with Crippen LogP contribution in [0.5, 0.6) is 5.75 Å². The van der Waals surface area contributed by atoms with Crippen LogP contribution >= 0.6 is 11.6 Å². The zero-order chi connectivity index (χ0) is 14.9. The molecule has 0 unspecified atom stereocenters. The van der Waals surface area contributed by atoms with Crippen molar-refractivity contribution in [3.8, 4) is 5.75 Å². The molecule has 0 aromatic heterocycles. The maximum Gasteiger partial charge on any atom is 0.147 e. The number of hydrogen-bond acceptors (Lipinski definition) is 2. The topological polar surface area (TPSA) is 26.3 Å². The van der Waals surface area contributed by atoms with E-state index in [1.54, 1.807) is 13.2 Å². The maximum absolute atomic E-state index is 12.8. The third-order valence-electron chi connectivity index (χ3n) is 4.20. The van der Waals surface area contributed by atoms with E-state index in [-0.39, 0.29) is 11.2 Å². The molecule has 0 atom stereocenters. The molecule has 0 spiro atoms. The van der Waals surface area contributed by atoms with E-state index in [1.807, 2.05) is 42.5 Å². The predicted molar refractivity (Wildman–Crippen MR) is 84.1 cm³/mol. The zero-order valence-electron chi connectivity index (χ0n) is 11.9. The van der Waals surface area contributed by atoms with Gasteiger partial charge in [-0.15, -0.1) is 0 Å². The summed E-state index contributed by atoms with van der Waals surface area (Å²) in [6.07, 6.45) is 2.22. The molecule has 2 aromatic carbocycles. The average Bonchev–Trinajstić information content (AvgIpc) is 3.30. The normalized spacial score (nSPS) is 15.5. The van der Waals surface area contributed by atoms with Crippen molar-refractivity contribution in [1.29, 1.82) is 0 Å². The van der Waals surface area contributed by atoms with Crippen molar-refractivity contribution in [2.24, 2.45) is 0 Å². The molecule has 2 aromatic rings. The van der Waals surface area contributed by atoms with Crippen LogP contribution in [0.4, 0.5) is 0 Å². The van der Waals surface area contributed by atoms with Crippen LogP contribution in [0.1, 0.15) is 24.0 Å². The van der Waals surface area contributed by atoms with Crippen LogP contribution in [0.15, 0.2) is 48.5 Å². The number of Topliss-reactive ketones (excluding diaryl/α,β-unsaturated/α-hetero) is 1. The first-order valence-corrected chi connectivity index (χ1v) is 7.45. The molecule has 2 nitrogen and oxygen atoms in total. The number of ether oxygens (including phenoxy) is 1. The standard InChI is InChI=1S/C18H17ClO2/c1-21-16-8-7-15(19)11-13(16)12-17(20)18(9-10-18)14-5-3-2-4-6-14/h2-8,11H,9-10,12H2,1H3. The monoisotopic (exact) mass is 300 g/mol. The van der Waals surface area contributed by atoms with Crippen LogP contribution in [0.25, 0.3) is 0 Å². The maximum atomic E-state index is 12.8. The molecular formula is C18H17ClO2. The number of carbonyl (C=O) groups excluding carboxylic acids is 1. The van der Waals surface area contributed by atoms with Gasteiger partial charge in [0.2, 0.25) is 0 Å². The summed E-state index contributed by atoms with van der Waals surface area (Å²) in [5, 5.41) is 0.628. The minimum atomic E-state index is -0.297. The lowest BCUT2D eigenvalue weighted by Gasteiger charge is -2.16. The highest BCUT2D eigenvalue weighted by molar-refractivity contribution is 6.30. The minimum Gasteiger partial charge on any atom is -0.496 e. The second-order valence-corrected chi connectivity index (χ2v) is 5.94. The molecule has 1 aliphatic rings. The molecule has 0 amide bonds. The van der Waals surface area contributed by atoms with Gasteiger partial charge in [-0.05, 0) is 36.6 Å². The van der Waals surface area contributed by atoms with Gasteiger partial charge in [0.1, 0.15) is 11.5 Å². The molecule has 0 radical (unpaired) electrons. The third-order valence-corrected chi connectivity index (χ3v) is 4.44. The summed E-state index contributed by atoms with van der Waals surface area (Å²) in [6.45, 7) is 0. The molecule has 21 heavy (non-hydrogen) atoms. The first-order chi connectivity index (χ1) is 10.2. The number of rotatable bonds is 5. The molecular weight excluding hydrogens is 284 g/mol. The first-order valence-electron chi connectivity index (χ1n) is 7.07. The lowest BCUT2D eigenvalue weighted by molar-refractivity contribution is -0.120. The average molecular weight is 301 g/mol. The highest BCUT2D eigenvalue weighted by atomic mass is 35.5. The van der Waals surface area contributed by atoms with Crippen molar-refractivity contribution in [3.05, 3.63) is 64.7 Å². The van der Waals surface area contributed by atoms with Crippen molar-refractivity contribution in [2.75, 3.05) is 7.11 Å². The van der Waals surface area contributed by atoms with Crippen molar-refractivity contribution < 1.29 is 9.53 Å². The van der Waals surface area contributed by atoms with Crippen molar-refractivity contribution in [3.63, 3.8) is 0 Å². The second-order valence-electron chi connectivity index (χ2n) is 5.50. The summed E-state index contributed by atoms with van der Waals surface area (Å²) in [4.78, 5) is 12.8. The Morgan fingerprint density at radius 1 is 1.19 bits per heavy atom.